The van der Waals surface area contributed by atoms with E-state index in [0.717, 1.165) is 0 Å². The Kier molecular flexibility index (Phi) is 5.28. The average Bonchev–Trinajstić information content (AvgIpc) is 3.23. The van der Waals surface area contributed by atoms with Gasteiger partial charge in [-0.3, -0.25) is 9.59 Å². The summed E-state index contributed by atoms with van der Waals surface area (Å²) in [4.78, 5) is 26.4. The van der Waals surface area contributed by atoms with Crippen LogP contribution in [0.15, 0.2) is 34.5 Å². The van der Waals surface area contributed by atoms with Gasteiger partial charge in [0.2, 0.25) is 10.0 Å². The molecule has 4 rings (SSSR count). The van der Waals surface area contributed by atoms with E-state index in [1.807, 2.05) is 11.4 Å². The highest BCUT2D eigenvalue weighted by Crippen LogP contribution is 2.38. The molecule has 2 amide bonds. The molecule has 29 heavy (non-hydrogen) atoms. The van der Waals surface area contributed by atoms with Crippen molar-refractivity contribution in [2.45, 2.75) is 17.9 Å². The monoisotopic (exact) mass is 455 g/mol. The second kappa shape index (κ2) is 7.60. The minimum absolute atomic E-state index is 0.000653. The van der Waals surface area contributed by atoms with E-state index in [1.165, 1.54) is 27.8 Å². The van der Waals surface area contributed by atoms with E-state index >= 15 is 0 Å². The summed E-state index contributed by atoms with van der Waals surface area (Å²) in [5.41, 5.74) is 0.336. The van der Waals surface area contributed by atoms with Crippen molar-refractivity contribution in [3.8, 4) is 5.75 Å². The first-order chi connectivity index (χ1) is 13.8. The fraction of sp³-hybridized carbons (Fsp3) is 0.333. The zero-order valence-electron chi connectivity index (χ0n) is 15.4. The van der Waals surface area contributed by atoms with Gasteiger partial charge in [-0.2, -0.15) is 4.31 Å². The van der Waals surface area contributed by atoms with E-state index in [0.29, 0.717) is 23.7 Å². The molecule has 0 saturated carbocycles. The summed E-state index contributed by atoms with van der Waals surface area (Å²) < 4.78 is 33.1. The summed E-state index contributed by atoms with van der Waals surface area (Å²) in [6.45, 7) is 2.50. The fourth-order valence-corrected chi connectivity index (χ4v) is 5.86. The molecule has 0 bridgehead atoms. The second-order valence-corrected chi connectivity index (χ2v) is 9.96. The van der Waals surface area contributed by atoms with Crippen molar-refractivity contribution in [1.82, 2.24) is 9.21 Å². The topological polar surface area (TPSA) is 96.0 Å². The number of nitrogens with zero attached hydrogens (tertiary/aromatic N) is 2. The number of hydrogen-bond donors (Lipinski definition) is 1. The van der Waals surface area contributed by atoms with Crippen LogP contribution in [-0.4, -0.2) is 61.7 Å². The summed E-state index contributed by atoms with van der Waals surface area (Å²) in [6, 6.07) is 6.28. The summed E-state index contributed by atoms with van der Waals surface area (Å²) in [6.07, 6.45) is -0.731. The van der Waals surface area contributed by atoms with Crippen molar-refractivity contribution in [2.75, 3.05) is 31.5 Å². The van der Waals surface area contributed by atoms with Gasteiger partial charge in [0.15, 0.2) is 6.10 Å². The lowest BCUT2D eigenvalue weighted by Crippen LogP contribution is -2.50. The summed E-state index contributed by atoms with van der Waals surface area (Å²) >= 11 is 7.58. The number of ether oxygens (including phenoxy) is 1. The molecular formula is C18H18ClN3O5S2. The smallest absolute Gasteiger partial charge is 0.265 e. The minimum Gasteiger partial charge on any atom is -0.479 e. The number of rotatable bonds is 3. The Balaban J connectivity index is 1.53. The third-order valence-electron chi connectivity index (χ3n) is 4.84. The highest BCUT2D eigenvalue weighted by Gasteiger charge is 2.34. The Hall–Kier alpha value is -2.14. The molecule has 1 aromatic heterocycles. The van der Waals surface area contributed by atoms with E-state index < -0.39 is 16.1 Å². The molecule has 0 unspecified atom stereocenters. The number of anilines is 1. The molecule has 2 aromatic rings. The third kappa shape index (κ3) is 3.73. The predicted octanol–water partition coefficient (Wildman–Crippen LogP) is 2.27. The number of amides is 2. The Morgan fingerprint density at radius 3 is 2.66 bits per heavy atom. The first-order valence-electron chi connectivity index (χ1n) is 8.91. The van der Waals surface area contributed by atoms with Crippen LogP contribution in [0.2, 0.25) is 5.02 Å². The molecule has 1 atom stereocenters. The highest BCUT2D eigenvalue weighted by molar-refractivity contribution is 7.89. The number of halogens is 1. The Morgan fingerprint density at radius 2 is 2.00 bits per heavy atom. The lowest BCUT2D eigenvalue weighted by atomic mass is 10.2. The van der Waals surface area contributed by atoms with Crippen molar-refractivity contribution < 1.29 is 22.7 Å². The molecule has 154 valence electrons. The standard InChI is InChI=1S/C18H18ClN3O5S2/c1-11-17(23)20-13-9-12(19)16(10-14(13)27-11)29(25,26)22-6-4-21(5-7-22)18(24)15-3-2-8-28-15/h2-3,8-11H,4-7H2,1H3,(H,20,23)/t11-/m1/s1. The molecule has 1 saturated heterocycles. The number of piperazine rings is 1. The molecule has 8 nitrogen and oxygen atoms in total. The maximum absolute atomic E-state index is 13.1. The van der Waals surface area contributed by atoms with Gasteiger partial charge in [0.1, 0.15) is 10.6 Å². The summed E-state index contributed by atoms with van der Waals surface area (Å²) in [5, 5.41) is 4.47. The van der Waals surface area contributed by atoms with Crippen molar-refractivity contribution >= 4 is 50.5 Å². The van der Waals surface area contributed by atoms with Crippen LogP contribution in [0.1, 0.15) is 16.6 Å². The van der Waals surface area contributed by atoms with Crippen LogP contribution < -0.4 is 10.1 Å². The van der Waals surface area contributed by atoms with Gasteiger partial charge in [-0.25, -0.2) is 8.42 Å². The maximum atomic E-state index is 13.1. The summed E-state index contributed by atoms with van der Waals surface area (Å²) in [5.74, 6) is -0.163. The van der Waals surface area contributed by atoms with Crippen LogP contribution >= 0.6 is 22.9 Å². The van der Waals surface area contributed by atoms with Crippen molar-refractivity contribution in [3.63, 3.8) is 0 Å². The van der Waals surface area contributed by atoms with Crippen LogP contribution in [-0.2, 0) is 14.8 Å². The molecule has 2 aliphatic rings. The van der Waals surface area contributed by atoms with E-state index in [2.05, 4.69) is 5.32 Å². The Morgan fingerprint density at radius 1 is 1.28 bits per heavy atom. The number of thiophene rings is 1. The van der Waals surface area contributed by atoms with Crippen molar-refractivity contribution in [2.24, 2.45) is 0 Å². The van der Waals surface area contributed by atoms with E-state index in [9.17, 15) is 18.0 Å². The number of fused-ring (bicyclic) bond motifs is 1. The quantitative estimate of drug-likeness (QED) is 0.765. The lowest BCUT2D eigenvalue weighted by Gasteiger charge is -2.34. The number of hydrogen-bond acceptors (Lipinski definition) is 6. The number of carbonyl (C=O) groups excluding carboxylic acids is 2. The maximum Gasteiger partial charge on any atom is 0.265 e. The number of carbonyl (C=O) groups is 2. The van der Waals surface area contributed by atoms with E-state index in [4.69, 9.17) is 16.3 Å². The Bertz CT molecular complexity index is 1060. The van der Waals surface area contributed by atoms with Gasteiger partial charge >= 0.3 is 0 Å². The van der Waals surface area contributed by atoms with Gasteiger partial charge in [0.05, 0.1) is 15.6 Å². The van der Waals surface area contributed by atoms with Crippen LogP contribution in [0.5, 0.6) is 5.75 Å². The zero-order chi connectivity index (χ0) is 20.8. The SMILES string of the molecule is C[C@H]1Oc2cc(S(=O)(=O)N3CCN(C(=O)c4cccs4)CC3)c(Cl)cc2NC1=O. The normalized spacial score (nSPS) is 20.0. The molecule has 1 N–H and O–H groups in total. The molecule has 2 aliphatic heterocycles. The van der Waals surface area contributed by atoms with Crippen LogP contribution in [0, 0.1) is 0 Å². The van der Waals surface area contributed by atoms with Crippen LogP contribution in [0.3, 0.4) is 0 Å². The average molecular weight is 456 g/mol. The third-order valence-corrected chi connectivity index (χ3v) is 8.06. The largest absolute Gasteiger partial charge is 0.479 e. The van der Waals surface area contributed by atoms with Crippen LogP contribution in [0.4, 0.5) is 5.69 Å². The number of nitrogens with one attached hydrogen (secondary N) is 1. The lowest BCUT2D eigenvalue weighted by molar-refractivity contribution is -0.122. The first kappa shape index (κ1) is 20.1. The van der Waals surface area contributed by atoms with Crippen molar-refractivity contribution in [1.29, 1.82) is 0 Å². The van der Waals surface area contributed by atoms with Gasteiger partial charge in [0, 0.05) is 32.2 Å². The van der Waals surface area contributed by atoms with E-state index in [1.54, 1.807) is 17.9 Å². The highest BCUT2D eigenvalue weighted by atomic mass is 35.5. The molecule has 3 heterocycles. The molecule has 1 aromatic carbocycles. The molecule has 0 radical (unpaired) electrons. The molecule has 0 spiro atoms. The van der Waals surface area contributed by atoms with Gasteiger partial charge in [-0.15, -0.1) is 11.3 Å². The molecule has 1 fully saturated rings. The molecule has 0 aliphatic carbocycles. The molecule has 11 heteroatoms. The minimum atomic E-state index is -3.89. The van der Waals surface area contributed by atoms with Gasteiger partial charge in [-0.05, 0) is 24.4 Å². The predicted molar refractivity (Wildman–Crippen MR) is 109 cm³/mol. The van der Waals surface area contributed by atoms with Crippen molar-refractivity contribution in [3.05, 3.63) is 39.5 Å². The number of sulfonamides is 1. The molecular weight excluding hydrogens is 438 g/mol. The van der Waals surface area contributed by atoms with Gasteiger partial charge < -0.3 is 15.0 Å². The first-order valence-corrected chi connectivity index (χ1v) is 11.6. The van der Waals surface area contributed by atoms with Crippen LogP contribution in [0.25, 0.3) is 0 Å². The second-order valence-electron chi connectivity index (χ2n) is 6.70. The van der Waals surface area contributed by atoms with Gasteiger partial charge in [-0.1, -0.05) is 17.7 Å². The fourth-order valence-electron chi connectivity index (χ4n) is 3.23. The Labute approximate surface area is 177 Å². The van der Waals surface area contributed by atoms with E-state index in [-0.39, 0.29) is 40.6 Å². The van der Waals surface area contributed by atoms with Gasteiger partial charge in [0.25, 0.3) is 11.8 Å². The number of benzene rings is 1. The zero-order valence-corrected chi connectivity index (χ0v) is 17.8. The summed E-state index contributed by atoms with van der Waals surface area (Å²) in [7, 11) is -3.89.